The van der Waals surface area contributed by atoms with Gasteiger partial charge in [-0.2, -0.15) is 0 Å². The van der Waals surface area contributed by atoms with E-state index in [2.05, 4.69) is 5.32 Å². The van der Waals surface area contributed by atoms with Crippen molar-refractivity contribution < 1.29 is 13.6 Å². The van der Waals surface area contributed by atoms with Crippen molar-refractivity contribution in [2.45, 2.75) is 26.8 Å². The molecular weight excluding hydrogens is 238 g/mol. The number of primary amides is 1. The van der Waals surface area contributed by atoms with E-state index in [1.165, 1.54) is 0 Å². The van der Waals surface area contributed by atoms with Crippen LogP contribution in [-0.2, 0) is 4.79 Å². The highest BCUT2D eigenvalue weighted by Gasteiger charge is 2.25. The average Bonchev–Trinajstić information content (AvgIpc) is 2.29. The van der Waals surface area contributed by atoms with Crippen molar-refractivity contribution in [3.05, 3.63) is 35.4 Å². The van der Waals surface area contributed by atoms with Gasteiger partial charge in [0.05, 0.1) is 5.41 Å². The molecule has 3 N–H and O–H groups in total. The summed E-state index contributed by atoms with van der Waals surface area (Å²) in [6, 6.07) is 2.89. The first-order chi connectivity index (χ1) is 8.24. The Morgan fingerprint density at radius 1 is 1.44 bits per heavy atom. The summed E-state index contributed by atoms with van der Waals surface area (Å²) >= 11 is 0. The fraction of sp³-hybridized carbons (Fsp3) is 0.462. The number of nitrogens with two attached hydrogens (primary N) is 1. The number of hydrogen-bond donors (Lipinski definition) is 2. The molecule has 1 aromatic carbocycles. The molecule has 0 heterocycles. The molecule has 1 aromatic rings. The summed E-state index contributed by atoms with van der Waals surface area (Å²) in [6.45, 7) is 5.38. The maximum absolute atomic E-state index is 13.5. The topological polar surface area (TPSA) is 55.1 Å². The van der Waals surface area contributed by atoms with Crippen LogP contribution in [0.15, 0.2) is 18.2 Å². The summed E-state index contributed by atoms with van der Waals surface area (Å²) in [6.07, 6.45) is 0. The van der Waals surface area contributed by atoms with Crippen molar-refractivity contribution in [3.8, 4) is 0 Å². The number of amides is 1. The Balaban J connectivity index is 2.74. The zero-order valence-corrected chi connectivity index (χ0v) is 10.8. The van der Waals surface area contributed by atoms with Crippen molar-refractivity contribution in [1.82, 2.24) is 5.32 Å². The Labute approximate surface area is 105 Å². The van der Waals surface area contributed by atoms with E-state index in [4.69, 9.17) is 5.73 Å². The van der Waals surface area contributed by atoms with Gasteiger partial charge >= 0.3 is 0 Å². The minimum Gasteiger partial charge on any atom is -0.369 e. The zero-order valence-electron chi connectivity index (χ0n) is 10.8. The monoisotopic (exact) mass is 256 g/mol. The minimum atomic E-state index is -0.738. The van der Waals surface area contributed by atoms with E-state index in [1.54, 1.807) is 20.8 Å². The molecule has 100 valence electrons. The van der Waals surface area contributed by atoms with E-state index >= 15 is 0 Å². The number of hydrogen-bond acceptors (Lipinski definition) is 2. The molecule has 1 atom stereocenters. The molecule has 0 aliphatic heterocycles. The van der Waals surface area contributed by atoms with Gasteiger partial charge in [0.2, 0.25) is 5.91 Å². The van der Waals surface area contributed by atoms with Crippen LogP contribution in [0.5, 0.6) is 0 Å². The quantitative estimate of drug-likeness (QED) is 0.848. The number of carbonyl (C=O) groups is 1. The van der Waals surface area contributed by atoms with Gasteiger partial charge in [0, 0.05) is 18.2 Å². The highest BCUT2D eigenvalue weighted by molar-refractivity contribution is 5.80. The van der Waals surface area contributed by atoms with E-state index in [0.29, 0.717) is 6.54 Å². The second-order valence-electron chi connectivity index (χ2n) is 5.02. The lowest BCUT2D eigenvalue weighted by atomic mass is 9.92. The Kier molecular flexibility index (Phi) is 4.40. The normalized spacial score (nSPS) is 13.4. The van der Waals surface area contributed by atoms with Crippen molar-refractivity contribution in [2.24, 2.45) is 11.1 Å². The smallest absolute Gasteiger partial charge is 0.224 e. The fourth-order valence-electron chi connectivity index (χ4n) is 1.45. The van der Waals surface area contributed by atoms with Crippen LogP contribution in [0.25, 0.3) is 0 Å². The lowest BCUT2D eigenvalue weighted by Crippen LogP contribution is -2.41. The summed E-state index contributed by atoms with van der Waals surface area (Å²) < 4.78 is 26.5. The van der Waals surface area contributed by atoms with Gasteiger partial charge in [-0.3, -0.25) is 4.79 Å². The van der Waals surface area contributed by atoms with Gasteiger partial charge in [-0.15, -0.1) is 0 Å². The summed E-state index contributed by atoms with van der Waals surface area (Å²) in [5.74, 6) is -1.41. The van der Waals surface area contributed by atoms with Crippen LogP contribution in [0.2, 0.25) is 0 Å². The van der Waals surface area contributed by atoms with Gasteiger partial charge in [-0.1, -0.05) is 0 Å². The van der Waals surface area contributed by atoms with Crippen LogP contribution in [0.1, 0.15) is 32.4 Å². The van der Waals surface area contributed by atoms with E-state index in [1.807, 2.05) is 0 Å². The molecule has 0 aliphatic carbocycles. The molecule has 3 nitrogen and oxygen atoms in total. The maximum atomic E-state index is 13.5. The summed E-state index contributed by atoms with van der Waals surface area (Å²) in [5, 5.41) is 2.98. The number of halogens is 2. The van der Waals surface area contributed by atoms with E-state index < -0.39 is 29.0 Å². The second kappa shape index (κ2) is 5.44. The lowest BCUT2D eigenvalue weighted by Gasteiger charge is -2.24. The zero-order chi connectivity index (χ0) is 13.9. The largest absolute Gasteiger partial charge is 0.369 e. The fourth-order valence-corrected chi connectivity index (χ4v) is 1.45. The average molecular weight is 256 g/mol. The van der Waals surface area contributed by atoms with Crippen LogP contribution < -0.4 is 11.1 Å². The molecular formula is C13H18F2N2O. The summed E-state index contributed by atoms with van der Waals surface area (Å²) in [7, 11) is 0. The molecule has 0 aliphatic rings. The first-order valence-electron chi connectivity index (χ1n) is 5.72. The van der Waals surface area contributed by atoms with Gasteiger partial charge < -0.3 is 11.1 Å². The molecule has 5 heteroatoms. The van der Waals surface area contributed by atoms with Crippen molar-refractivity contribution in [2.75, 3.05) is 6.54 Å². The number of nitrogens with one attached hydrogen (secondary N) is 1. The third-order valence-corrected chi connectivity index (χ3v) is 2.94. The first-order valence-corrected chi connectivity index (χ1v) is 5.72. The number of carbonyl (C=O) groups excluding carboxylic acids is 1. The highest BCUT2D eigenvalue weighted by atomic mass is 19.1. The second-order valence-corrected chi connectivity index (χ2v) is 5.02. The molecule has 0 radical (unpaired) electrons. The highest BCUT2D eigenvalue weighted by Crippen LogP contribution is 2.20. The van der Waals surface area contributed by atoms with Crippen molar-refractivity contribution in [1.29, 1.82) is 0 Å². The Morgan fingerprint density at radius 2 is 2.06 bits per heavy atom. The third-order valence-electron chi connectivity index (χ3n) is 2.94. The SMILES string of the molecule is C[C@@H](NCC(C)(C)C(N)=O)c1cc(F)ccc1F. The predicted octanol–water partition coefficient (Wildman–Crippen LogP) is 2.13. The Bertz CT molecular complexity index is 447. The van der Waals surface area contributed by atoms with Gasteiger partial charge in [0.1, 0.15) is 11.6 Å². The first kappa shape index (κ1) is 14.6. The van der Waals surface area contributed by atoms with Gasteiger partial charge in [-0.25, -0.2) is 8.78 Å². The van der Waals surface area contributed by atoms with Crippen molar-refractivity contribution >= 4 is 5.91 Å². The van der Waals surface area contributed by atoms with E-state index in [9.17, 15) is 13.6 Å². The van der Waals surface area contributed by atoms with Gasteiger partial charge in [-0.05, 0) is 39.0 Å². The standard InChI is InChI=1S/C13H18F2N2O/c1-8(17-7-13(2,3)12(16)18)10-6-9(14)4-5-11(10)15/h4-6,8,17H,7H2,1-3H3,(H2,16,18)/t8-/m1/s1. The van der Waals surface area contributed by atoms with Crippen LogP contribution >= 0.6 is 0 Å². The van der Waals surface area contributed by atoms with E-state index in [-0.39, 0.29) is 5.56 Å². The van der Waals surface area contributed by atoms with Crippen LogP contribution in [0, 0.1) is 17.0 Å². The number of benzene rings is 1. The molecule has 1 rings (SSSR count). The Hall–Kier alpha value is -1.49. The summed E-state index contributed by atoms with van der Waals surface area (Å²) in [5.41, 5.74) is 4.73. The van der Waals surface area contributed by atoms with Crippen LogP contribution in [0.4, 0.5) is 8.78 Å². The molecule has 1 amide bonds. The van der Waals surface area contributed by atoms with Crippen LogP contribution in [0.3, 0.4) is 0 Å². The molecule has 0 unspecified atom stereocenters. The summed E-state index contributed by atoms with van der Waals surface area (Å²) in [4.78, 5) is 11.1. The van der Waals surface area contributed by atoms with E-state index in [0.717, 1.165) is 18.2 Å². The third kappa shape index (κ3) is 3.50. The lowest BCUT2D eigenvalue weighted by molar-refractivity contribution is -0.125. The predicted molar refractivity (Wildman–Crippen MR) is 65.8 cm³/mol. The molecule has 0 spiro atoms. The Morgan fingerprint density at radius 3 is 2.61 bits per heavy atom. The number of rotatable bonds is 5. The van der Waals surface area contributed by atoms with Crippen molar-refractivity contribution in [3.63, 3.8) is 0 Å². The minimum absolute atomic E-state index is 0.232. The maximum Gasteiger partial charge on any atom is 0.224 e. The van der Waals surface area contributed by atoms with Gasteiger partial charge in [0.15, 0.2) is 0 Å². The molecule has 0 saturated carbocycles. The molecule has 18 heavy (non-hydrogen) atoms. The molecule has 0 saturated heterocycles. The molecule has 0 bridgehead atoms. The van der Waals surface area contributed by atoms with Gasteiger partial charge in [0.25, 0.3) is 0 Å². The van der Waals surface area contributed by atoms with Crippen LogP contribution in [-0.4, -0.2) is 12.5 Å². The molecule has 0 aromatic heterocycles. The molecule has 0 fully saturated rings.